The minimum atomic E-state index is -1.01. The smallest absolute Gasteiger partial charge is 0.323 e. The Hall–Kier alpha value is -2.94. The van der Waals surface area contributed by atoms with Gasteiger partial charge in [0.2, 0.25) is 0 Å². The summed E-state index contributed by atoms with van der Waals surface area (Å²) in [6.07, 6.45) is 4.37. The molecule has 0 saturated carbocycles. The van der Waals surface area contributed by atoms with E-state index < -0.39 is 30.1 Å². The van der Waals surface area contributed by atoms with E-state index in [2.05, 4.69) is 0 Å². The summed E-state index contributed by atoms with van der Waals surface area (Å²) in [5.74, 6) is -2.24. The number of carbonyl (C=O) groups excluding carboxylic acids is 4. The number of benzene rings is 1. The van der Waals surface area contributed by atoms with E-state index in [1.807, 2.05) is 20.8 Å². The normalized spacial score (nSPS) is 14.1. The van der Waals surface area contributed by atoms with Gasteiger partial charge in [-0.1, -0.05) is 59.9 Å². The van der Waals surface area contributed by atoms with E-state index in [4.69, 9.17) is 24.7 Å². The van der Waals surface area contributed by atoms with Gasteiger partial charge >= 0.3 is 23.9 Å². The second-order valence-corrected chi connectivity index (χ2v) is 9.85. The van der Waals surface area contributed by atoms with Crippen LogP contribution in [0, 0.1) is 11.8 Å². The average molecular weight is 536 g/mol. The predicted molar refractivity (Wildman–Crippen MR) is 144 cm³/mol. The van der Waals surface area contributed by atoms with Crippen LogP contribution in [-0.4, -0.2) is 42.6 Å². The Morgan fingerprint density at radius 3 is 1.95 bits per heavy atom. The van der Waals surface area contributed by atoms with Crippen LogP contribution in [0.5, 0.6) is 11.5 Å². The maximum Gasteiger partial charge on any atom is 0.323 e. The van der Waals surface area contributed by atoms with Crippen molar-refractivity contribution in [1.29, 1.82) is 0 Å². The topological polar surface area (TPSA) is 131 Å². The molecule has 0 amide bonds. The molecular weight excluding hydrogens is 490 g/mol. The Balaban J connectivity index is 2.92. The van der Waals surface area contributed by atoms with E-state index in [0.29, 0.717) is 24.8 Å². The number of ether oxygens (including phenoxy) is 4. The first-order valence-corrected chi connectivity index (χ1v) is 13.7. The first kappa shape index (κ1) is 33.1. The highest BCUT2D eigenvalue weighted by Crippen LogP contribution is 2.31. The van der Waals surface area contributed by atoms with E-state index in [9.17, 15) is 19.2 Å². The van der Waals surface area contributed by atoms with Crippen LogP contribution in [0.3, 0.4) is 0 Å². The van der Waals surface area contributed by atoms with Crippen LogP contribution < -0.4 is 15.2 Å². The molecule has 0 fully saturated rings. The van der Waals surface area contributed by atoms with Crippen molar-refractivity contribution in [2.24, 2.45) is 17.6 Å². The van der Waals surface area contributed by atoms with Crippen LogP contribution in [0.2, 0.25) is 0 Å². The molecule has 1 aromatic rings. The summed E-state index contributed by atoms with van der Waals surface area (Å²) in [6, 6.07) is 3.74. The summed E-state index contributed by atoms with van der Waals surface area (Å²) < 4.78 is 21.6. The highest BCUT2D eigenvalue weighted by Gasteiger charge is 2.23. The van der Waals surface area contributed by atoms with Gasteiger partial charge in [-0.05, 0) is 50.3 Å². The van der Waals surface area contributed by atoms with Gasteiger partial charge in [-0.15, -0.1) is 0 Å². The largest absolute Gasteiger partial charge is 0.462 e. The van der Waals surface area contributed by atoms with Gasteiger partial charge in [-0.25, -0.2) is 0 Å². The van der Waals surface area contributed by atoms with Crippen molar-refractivity contribution in [3.05, 3.63) is 23.8 Å². The van der Waals surface area contributed by atoms with E-state index in [1.165, 1.54) is 6.07 Å². The molecule has 9 heteroatoms. The molecule has 0 heterocycles. The molecule has 9 nitrogen and oxygen atoms in total. The third kappa shape index (κ3) is 12.1. The average Bonchev–Trinajstić information content (AvgIpc) is 2.87. The minimum absolute atomic E-state index is 0.0480. The van der Waals surface area contributed by atoms with E-state index in [1.54, 1.807) is 32.9 Å². The Kier molecular flexibility index (Phi) is 15.3. The molecule has 214 valence electrons. The summed E-state index contributed by atoms with van der Waals surface area (Å²) in [5, 5.41) is 0. The molecule has 0 aliphatic rings. The fourth-order valence-electron chi connectivity index (χ4n) is 3.62. The molecule has 0 saturated heterocycles. The molecular formula is C29H45NO8. The molecule has 1 aromatic carbocycles. The van der Waals surface area contributed by atoms with E-state index in [0.717, 1.165) is 25.7 Å². The fourth-order valence-corrected chi connectivity index (χ4v) is 3.62. The van der Waals surface area contributed by atoms with E-state index in [-0.39, 0.29) is 42.3 Å². The Morgan fingerprint density at radius 2 is 1.39 bits per heavy atom. The van der Waals surface area contributed by atoms with Crippen molar-refractivity contribution in [2.75, 3.05) is 6.61 Å². The number of esters is 4. The van der Waals surface area contributed by atoms with Gasteiger partial charge in [0.05, 0.1) is 11.8 Å². The molecule has 2 N–H and O–H groups in total. The summed E-state index contributed by atoms with van der Waals surface area (Å²) in [5.41, 5.74) is 6.67. The molecule has 0 aromatic heterocycles. The first-order chi connectivity index (χ1) is 18.0. The predicted octanol–water partition coefficient (Wildman–Crippen LogP) is 4.90. The highest BCUT2D eigenvalue weighted by atomic mass is 16.6. The van der Waals surface area contributed by atoms with Gasteiger partial charge < -0.3 is 24.7 Å². The SMILES string of the molecule is CCCCC(=O)OC[C@H](C)OC(=O)[C@@H](N)Cc1ccc(OC(=O)C(C)CCC)c(OC(=O)C(C)CCC)c1. The molecule has 0 aliphatic carbocycles. The molecule has 4 atom stereocenters. The van der Waals surface area contributed by atoms with Crippen LogP contribution in [0.15, 0.2) is 18.2 Å². The number of rotatable bonds is 17. The molecule has 38 heavy (non-hydrogen) atoms. The standard InChI is InChI=1S/C29H45NO8/c1-7-10-13-26(31)35-18-21(6)36-29(34)23(30)16-22-14-15-24(37-27(32)19(4)11-8-2)25(17-22)38-28(33)20(5)12-9-3/h14-15,17,19-21,23H,7-13,16,18,30H2,1-6H3/t19?,20?,21-,23-/m0/s1. The van der Waals surface area contributed by atoms with E-state index >= 15 is 0 Å². The number of unbranched alkanes of at least 4 members (excludes halogenated alkanes) is 1. The van der Waals surface area contributed by atoms with Gasteiger partial charge in [0.15, 0.2) is 11.5 Å². The second kappa shape index (κ2) is 17.5. The number of nitrogens with two attached hydrogens (primary N) is 1. The van der Waals surface area contributed by atoms with Crippen molar-refractivity contribution in [3.8, 4) is 11.5 Å². The lowest BCUT2D eigenvalue weighted by Crippen LogP contribution is -2.37. The Labute approximate surface area is 226 Å². The summed E-state index contributed by atoms with van der Waals surface area (Å²) >= 11 is 0. The first-order valence-electron chi connectivity index (χ1n) is 13.7. The monoisotopic (exact) mass is 535 g/mol. The molecule has 0 radical (unpaired) electrons. The maximum atomic E-state index is 12.6. The second-order valence-electron chi connectivity index (χ2n) is 9.85. The van der Waals surface area contributed by atoms with Crippen LogP contribution >= 0.6 is 0 Å². The van der Waals surface area contributed by atoms with Crippen molar-refractivity contribution < 1.29 is 38.1 Å². The summed E-state index contributed by atoms with van der Waals surface area (Å²) in [4.78, 5) is 49.3. The van der Waals surface area contributed by atoms with Crippen molar-refractivity contribution in [3.63, 3.8) is 0 Å². The van der Waals surface area contributed by atoms with Gasteiger partial charge in [0, 0.05) is 6.42 Å². The van der Waals surface area contributed by atoms with Crippen molar-refractivity contribution in [2.45, 2.75) is 105 Å². The number of carbonyl (C=O) groups is 4. The maximum absolute atomic E-state index is 12.6. The zero-order valence-corrected chi connectivity index (χ0v) is 23.7. The van der Waals surface area contributed by atoms with Gasteiger partial charge in [0.25, 0.3) is 0 Å². The van der Waals surface area contributed by atoms with Gasteiger partial charge in [0.1, 0.15) is 18.8 Å². The quantitative estimate of drug-likeness (QED) is 0.218. The molecule has 0 bridgehead atoms. The molecule has 2 unspecified atom stereocenters. The van der Waals surface area contributed by atoms with Gasteiger partial charge in [-0.2, -0.15) is 0 Å². The Morgan fingerprint density at radius 1 is 0.816 bits per heavy atom. The lowest BCUT2D eigenvalue weighted by atomic mass is 10.0. The van der Waals surface area contributed by atoms with Crippen molar-refractivity contribution in [1.82, 2.24) is 0 Å². The molecule has 1 rings (SSSR count). The number of hydrogen-bond acceptors (Lipinski definition) is 9. The van der Waals surface area contributed by atoms with Crippen LogP contribution in [0.4, 0.5) is 0 Å². The molecule has 0 aliphatic heterocycles. The van der Waals surface area contributed by atoms with Crippen LogP contribution in [-0.2, 0) is 35.1 Å². The third-order valence-corrected chi connectivity index (χ3v) is 5.97. The van der Waals surface area contributed by atoms with Crippen molar-refractivity contribution >= 4 is 23.9 Å². The zero-order chi connectivity index (χ0) is 28.7. The fraction of sp³-hybridized carbons (Fsp3) is 0.655. The highest BCUT2D eigenvalue weighted by molar-refractivity contribution is 5.79. The zero-order valence-electron chi connectivity index (χ0n) is 23.7. The van der Waals surface area contributed by atoms with Gasteiger partial charge in [-0.3, -0.25) is 19.2 Å². The minimum Gasteiger partial charge on any atom is -0.462 e. The lowest BCUT2D eigenvalue weighted by molar-refractivity contribution is -0.159. The Bertz CT molecular complexity index is 916. The molecule has 0 spiro atoms. The lowest BCUT2D eigenvalue weighted by Gasteiger charge is -2.18. The summed E-state index contributed by atoms with van der Waals surface area (Å²) in [6.45, 7) is 11.1. The van der Waals surface area contributed by atoms with Crippen LogP contribution in [0.25, 0.3) is 0 Å². The van der Waals surface area contributed by atoms with Crippen LogP contribution in [0.1, 0.15) is 92.1 Å². The number of hydrogen-bond donors (Lipinski definition) is 1. The third-order valence-electron chi connectivity index (χ3n) is 5.97. The summed E-state index contributed by atoms with van der Waals surface area (Å²) in [7, 11) is 0.